The Morgan fingerprint density at radius 2 is 1.96 bits per heavy atom. The molecule has 7 heteroatoms. The molecule has 1 amide bonds. The van der Waals surface area contributed by atoms with Crippen LogP contribution in [0, 0.1) is 10.1 Å². The molecule has 0 unspecified atom stereocenters. The number of amides is 1. The number of nitro groups is 1. The number of ether oxygens (including phenoxy) is 1. The van der Waals surface area contributed by atoms with E-state index in [0.717, 1.165) is 37.2 Å². The summed E-state index contributed by atoms with van der Waals surface area (Å²) in [5.41, 5.74) is 1.17. The molecule has 1 aliphatic heterocycles. The zero-order chi connectivity index (χ0) is 17.9. The summed E-state index contributed by atoms with van der Waals surface area (Å²) in [5, 5.41) is 11.1. The first kappa shape index (κ1) is 18.0. The maximum absolute atomic E-state index is 12.2. The van der Waals surface area contributed by atoms with E-state index in [1.807, 2.05) is 20.8 Å². The Balaban J connectivity index is 2.23. The van der Waals surface area contributed by atoms with Gasteiger partial charge in [0.1, 0.15) is 5.60 Å². The number of nitrogens with zero attached hydrogens (tertiary/aromatic N) is 3. The van der Waals surface area contributed by atoms with Gasteiger partial charge in [0.05, 0.1) is 11.5 Å². The standard InChI is InChI=1S/C17H25N3O4/c1-17(2,3)24-16(21)18(4)12-13-11-14(20(22)23)7-8-15(13)19-9-5-6-10-19/h7-8,11H,5-6,9-10,12H2,1-4H3. The molecule has 7 nitrogen and oxygen atoms in total. The fraction of sp³-hybridized carbons (Fsp3) is 0.588. The van der Waals surface area contributed by atoms with Crippen molar-refractivity contribution in [2.45, 2.75) is 45.8 Å². The molecule has 0 saturated carbocycles. The Labute approximate surface area is 142 Å². The molecule has 2 rings (SSSR count). The highest BCUT2D eigenvalue weighted by Crippen LogP contribution is 2.29. The number of carbonyl (C=O) groups is 1. The molecule has 0 radical (unpaired) electrons. The van der Waals surface area contributed by atoms with Crippen molar-refractivity contribution in [3.8, 4) is 0 Å². The largest absolute Gasteiger partial charge is 0.444 e. The van der Waals surface area contributed by atoms with Gasteiger partial charge in [-0.15, -0.1) is 0 Å². The van der Waals surface area contributed by atoms with Crippen LogP contribution in [0.3, 0.4) is 0 Å². The molecule has 1 aromatic rings. The molecule has 0 bridgehead atoms. The zero-order valence-corrected chi connectivity index (χ0v) is 14.7. The summed E-state index contributed by atoms with van der Waals surface area (Å²) >= 11 is 0. The first-order valence-electron chi connectivity index (χ1n) is 8.14. The monoisotopic (exact) mass is 335 g/mol. The van der Waals surface area contributed by atoms with Crippen LogP contribution in [0.4, 0.5) is 16.2 Å². The van der Waals surface area contributed by atoms with E-state index in [-0.39, 0.29) is 12.2 Å². The summed E-state index contributed by atoms with van der Waals surface area (Å²) < 4.78 is 5.35. The smallest absolute Gasteiger partial charge is 0.410 e. The number of benzene rings is 1. The van der Waals surface area contributed by atoms with E-state index in [1.165, 1.54) is 11.0 Å². The Kier molecular flexibility index (Phi) is 5.31. The highest BCUT2D eigenvalue weighted by Gasteiger charge is 2.23. The number of non-ortho nitro benzene ring substituents is 1. The number of hydrogen-bond donors (Lipinski definition) is 0. The second kappa shape index (κ2) is 7.07. The van der Waals surface area contributed by atoms with Gasteiger partial charge in [0, 0.05) is 43.5 Å². The third-order valence-electron chi connectivity index (χ3n) is 3.83. The van der Waals surface area contributed by atoms with Crippen molar-refractivity contribution in [3.05, 3.63) is 33.9 Å². The van der Waals surface area contributed by atoms with Crippen molar-refractivity contribution in [2.24, 2.45) is 0 Å². The zero-order valence-electron chi connectivity index (χ0n) is 14.7. The van der Waals surface area contributed by atoms with Gasteiger partial charge in [0.2, 0.25) is 0 Å². The number of carbonyl (C=O) groups excluding carboxylic acids is 1. The van der Waals surface area contributed by atoms with Gasteiger partial charge in [-0.05, 0) is 39.7 Å². The van der Waals surface area contributed by atoms with Crippen molar-refractivity contribution >= 4 is 17.5 Å². The molecule has 0 aromatic heterocycles. The van der Waals surface area contributed by atoms with Gasteiger partial charge in [-0.1, -0.05) is 0 Å². The Hall–Kier alpha value is -2.31. The summed E-state index contributed by atoms with van der Waals surface area (Å²) in [6.07, 6.45) is 1.78. The molecule has 1 aromatic carbocycles. The minimum absolute atomic E-state index is 0.0329. The topological polar surface area (TPSA) is 75.9 Å². The van der Waals surface area contributed by atoms with E-state index in [1.54, 1.807) is 19.2 Å². The maximum atomic E-state index is 12.2. The second-order valence-electron chi connectivity index (χ2n) is 7.10. The molecule has 1 aliphatic rings. The third-order valence-corrected chi connectivity index (χ3v) is 3.83. The van der Waals surface area contributed by atoms with Crippen molar-refractivity contribution in [3.63, 3.8) is 0 Å². The number of rotatable bonds is 4. The van der Waals surface area contributed by atoms with Gasteiger partial charge in [-0.2, -0.15) is 0 Å². The lowest BCUT2D eigenvalue weighted by Gasteiger charge is -2.27. The highest BCUT2D eigenvalue weighted by atomic mass is 16.6. The lowest BCUT2D eigenvalue weighted by atomic mass is 10.1. The second-order valence-corrected chi connectivity index (χ2v) is 7.10. The van der Waals surface area contributed by atoms with E-state index < -0.39 is 16.6 Å². The molecule has 1 heterocycles. The molecule has 0 N–H and O–H groups in total. The van der Waals surface area contributed by atoms with Gasteiger partial charge in [0.25, 0.3) is 5.69 Å². The molecule has 132 valence electrons. The fourth-order valence-electron chi connectivity index (χ4n) is 2.74. The van der Waals surface area contributed by atoms with Crippen LogP contribution in [0.2, 0.25) is 0 Å². The van der Waals surface area contributed by atoms with Crippen molar-refractivity contribution in [1.29, 1.82) is 0 Å². The number of nitro benzene ring substituents is 1. The van der Waals surface area contributed by atoms with Gasteiger partial charge in [-0.25, -0.2) is 4.79 Å². The Bertz CT molecular complexity index is 619. The number of anilines is 1. The van der Waals surface area contributed by atoms with E-state index in [4.69, 9.17) is 4.74 Å². The quantitative estimate of drug-likeness (QED) is 0.621. The number of hydrogen-bond acceptors (Lipinski definition) is 5. The molecule has 1 saturated heterocycles. The minimum Gasteiger partial charge on any atom is -0.444 e. The van der Waals surface area contributed by atoms with Crippen LogP contribution < -0.4 is 4.90 Å². The summed E-state index contributed by atoms with van der Waals surface area (Å²) in [7, 11) is 1.64. The minimum atomic E-state index is -0.578. The molecular formula is C17H25N3O4. The SMILES string of the molecule is CN(Cc1cc([N+](=O)[O-])ccc1N1CCCC1)C(=O)OC(C)(C)C. The van der Waals surface area contributed by atoms with Crippen LogP contribution >= 0.6 is 0 Å². The van der Waals surface area contributed by atoms with Crippen molar-refractivity contribution in [1.82, 2.24) is 4.90 Å². The Morgan fingerprint density at radius 3 is 2.50 bits per heavy atom. The molecular weight excluding hydrogens is 310 g/mol. The van der Waals surface area contributed by atoms with Crippen LogP contribution in [-0.2, 0) is 11.3 Å². The lowest BCUT2D eigenvalue weighted by molar-refractivity contribution is -0.384. The molecule has 24 heavy (non-hydrogen) atoms. The average molecular weight is 335 g/mol. The lowest BCUT2D eigenvalue weighted by Crippen LogP contribution is -2.34. The summed E-state index contributed by atoms with van der Waals surface area (Å²) in [5.74, 6) is 0. The van der Waals surface area contributed by atoms with E-state index in [2.05, 4.69) is 4.90 Å². The summed E-state index contributed by atoms with van der Waals surface area (Å²) in [4.78, 5) is 26.5. The summed E-state index contributed by atoms with van der Waals surface area (Å²) in [6, 6.07) is 4.85. The van der Waals surface area contributed by atoms with Gasteiger partial charge in [0.15, 0.2) is 0 Å². The van der Waals surface area contributed by atoms with Crippen molar-refractivity contribution < 1.29 is 14.5 Å². The van der Waals surface area contributed by atoms with Crippen LogP contribution in [-0.4, -0.2) is 41.7 Å². The first-order chi connectivity index (χ1) is 11.2. The van der Waals surface area contributed by atoms with Crippen LogP contribution in [0.15, 0.2) is 18.2 Å². The highest BCUT2D eigenvalue weighted by molar-refractivity contribution is 5.68. The predicted octanol–water partition coefficient (Wildman–Crippen LogP) is 3.56. The molecule has 0 atom stereocenters. The maximum Gasteiger partial charge on any atom is 0.410 e. The van der Waals surface area contributed by atoms with E-state index >= 15 is 0 Å². The molecule has 0 aliphatic carbocycles. The summed E-state index contributed by atoms with van der Waals surface area (Å²) in [6.45, 7) is 7.55. The van der Waals surface area contributed by atoms with Crippen LogP contribution in [0.25, 0.3) is 0 Å². The molecule has 0 spiro atoms. The third kappa shape index (κ3) is 4.59. The normalized spacial score (nSPS) is 14.6. The van der Waals surface area contributed by atoms with Gasteiger partial charge in [-0.3, -0.25) is 10.1 Å². The average Bonchev–Trinajstić information content (AvgIpc) is 2.99. The first-order valence-corrected chi connectivity index (χ1v) is 8.14. The van der Waals surface area contributed by atoms with E-state index in [0.29, 0.717) is 0 Å². The van der Waals surface area contributed by atoms with Gasteiger partial charge < -0.3 is 14.5 Å². The van der Waals surface area contributed by atoms with Crippen LogP contribution in [0.1, 0.15) is 39.2 Å². The molecule has 1 fully saturated rings. The van der Waals surface area contributed by atoms with Crippen molar-refractivity contribution in [2.75, 3.05) is 25.0 Å². The van der Waals surface area contributed by atoms with Gasteiger partial charge >= 0.3 is 6.09 Å². The Morgan fingerprint density at radius 1 is 1.33 bits per heavy atom. The van der Waals surface area contributed by atoms with E-state index in [9.17, 15) is 14.9 Å². The predicted molar refractivity (Wildman–Crippen MR) is 92.2 cm³/mol. The fourth-order valence-corrected chi connectivity index (χ4v) is 2.74. The van der Waals surface area contributed by atoms with Crippen LogP contribution in [0.5, 0.6) is 0 Å².